The zero-order valence-corrected chi connectivity index (χ0v) is 13.3. The van der Waals surface area contributed by atoms with E-state index in [0.29, 0.717) is 21.9 Å². The van der Waals surface area contributed by atoms with Gasteiger partial charge in [-0.05, 0) is 19.4 Å². The Bertz CT molecular complexity index is 1060. The molecule has 1 aromatic carbocycles. The smallest absolute Gasteiger partial charge is 0.268 e. The third kappa shape index (κ3) is 2.25. The van der Waals surface area contributed by atoms with Gasteiger partial charge in [-0.15, -0.1) is 11.3 Å². The average molecular weight is 324 g/mol. The van der Waals surface area contributed by atoms with Crippen LogP contribution >= 0.6 is 11.3 Å². The topological polar surface area (TPSA) is 84.7 Å². The third-order valence-electron chi connectivity index (χ3n) is 3.66. The molecule has 0 atom stereocenters. The normalized spacial score (nSPS) is 11.2. The number of nitrogens with one attached hydrogen (secondary N) is 1. The zero-order valence-electron chi connectivity index (χ0n) is 12.5. The highest BCUT2D eigenvalue weighted by Crippen LogP contribution is 2.35. The van der Waals surface area contributed by atoms with Crippen molar-refractivity contribution < 1.29 is 4.52 Å². The summed E-state index contributed by atoms with van der Waals surface area (Å²) in [6.45, 7) is 3.89. The number of fused-ring (bicyclic) bond motifs is 1. The molecule has 4 rings (SSSR count). The van der Waals surface area contributed by atoms with Crippen molar-refractivity contribution in [1.29, 1.82) is 0 Å². The maximum atomic E-state index is 11.9. The first-order chi connectivity index (χ1) is 11.1. The fraction of sp³-hybridized carbons (Fsp3) is 0.125. The van der Waals surface area contributed by atoms with E-state index in [0.717, 1.165) is 16.0 Å². The van der Waals surface area contributed by atoms with E-state index >= 15 is 0 Å². The van der Waals surface area contributed by atoms with Crippen molar-refractivity contribution in [2.24, 2.45) is 0 Å². The van der Waals surface area contributed by atoms with Crippen LogP contribution < -0.4 is 5.56 Å². The Morgan fingerprint density at radius 3 is 2.70 bits per heavy atom. The van der Waals surface area contributed by atoms with Gasteiger partial charge < -0.3 is 9.51 Å². The lowest BCUT2D eigenvalue weighted by molar-refractivity contribution is 0.433. The summed E-state index contributed by atoms with van der Waals surface area (Å²) in [6, 6.07) is 7.90. The maximum Gasteiger partial charge on any atom is 0.268 e. The van der Waals surface area contributed by atoms with Crippen LogP contribution in [0.5, 0.6) is 0 Å². The molecule has 3 aromatic heterocycles. The summed E-state index contributed by atoms with van der Waals surface area (Å²) in [5, 5.41) is 4.61. The first kappa shape index (κ1) is 13.8. The summed E-state index contributed by atoms with van der Waals surface area (Å²) < 4.78 is 5.39. The van der Waals surface area contributed by atoms with Crippen LogP contribution in [0.2, 0.25) is 0 Å². The van der Waals surface area contributed by atoms with Gasteiger partial charge in [-0.2, -0.15) is 4.98 Å². The van der Waals surface area contributed by atoms with E-state index in [9.17, 15) is 4.79 Å². The summed E-state index contributed by atoms with van der Waals surface area (Å²) in [6.07, 6.45) is 1.40. The molecular weight excluding hydrogens is 312 g/mol. The molecule has 0 spiro atoms. The van der Waals surface area contributed by atoms with Crippen molar-refractivity contribution in [3.8, 4) is 22.2 Å². The molecule has 0 saturated heterocycles. The van der Waals surface area contributed by atoms with E-state index in [1.165, 1.54) is 23.2 Å². The molecule has 0 unspecified atom stereocenters. The van der Waals surface area contributed by atoms with Crippen molar-refractivity contribution in [1.82, 2.24) is 20.1 Å². The molecule has 1 N–H and O–H groups in total. The van der Waals surface area contributed by atoms with E-state index < -0.39 is 0 Å². The van der Waals surface area contributed by atoms with E-state index in [1.807, 2.05) is 38.1 Å². The second-order valence-corrected chi connectivity index (χ2v) is 6.26. The van der Waals surface area contributed by atoms with Gasteiger partial charge in [0, 0.05) is 5.56 Å². The molecule has 114 valence electrons. The fourth-order valence-electron chi connectivity index (χ4n) is 2.42. The van der Waals surface area contributed by atoms with Gasteiger partial charge in [-0.1, -0.05) is 35.0 Å². The molecule has 7 heteroatoms. The molecule has 0 aliphatic rings. The highest BCUT2D eigenvalue weighted by atomic mass is 32.1. The first-order valence-electron chi connectivity index (χ1n) is 7.01. The van der Waals surface area contributed by atoms with Gasteiger partial charge in [0.15, 0.2) is 0 Å². The molecule has 0 aliphatic heterocycles. The molecule has 0 aliphatic carbocycles. The summed E-state index contributed by atoms with van der Waals surface area (Å²) >= 11 is 1.37. The summed E-state index contributed by atoms with van der Waals surface area (Å²) in [5.74, 6) is 0.930. The van der Waals surface area contributed by atoms with Gasteiger partial charge in [0.1, 0.15) is 4.83 Å². The van der Waals surface area contributed by atoms with Crippen molar-refractivity contribution in [2.75, 3.05) is 0 Å². The van der Waals surface area contributed by atoms with E-state index in [1.54, 1.807) is 0 Å². The SMILES string of the molecule is Cc1ccc(-c2noc(-c3sc4nc[nH]c(=O)c4c3C)n2)cc1. The molecule has 0 radical (unpaired) electrons. The second-order valence-electron chi connectivity index (χ2n) is 5.26. The van der Waals surface area contributed by atoms with Gasteiger partial charge in [-0.25, -0.2) is 4.98 Å². The first-order valence-corrected chi connectivity index (χ1v) is 7.83. The van der Waals surface area contributed by atoms with Crippen LogP contribution in [0.15, 0.2) is 39.9 Å². The quantitative estimate of drug-likeness (QED) is 0.611. The molecule has 0 saturated carbocycles. The van der Waals surface area contributed by atoms with Crippen LogP contribution in [0.25, 0.3) is 32.4 Å². The number of benzene rings is 1. The monoisotopic (exact) mass is 324 g/mol. The molecule has 23 heavy (non-hydrogen) atoms. The molecular formula is C16H12N4O2S. The van der Waals surface area contributed by atoms with E-state index in [-0.39, 0.29) is 5.56 Å². The Morgan fingerprint density at radius 1 is 1.17 bits per heavy atom. The minimum absolute atomic E-state index is 0.159. The largest absolute Gasteiger partial charge is 0.333 e. The number of rotatable bonds is 2. The number of aromatic amines is 1. The van der Waals surface area contributed by atoms with Crippen LogP contribution in [0.3, 0.4) is 0 Å². The predicted octanol–water partition coefficient (Wildman–Crippen LogP) is 3.32. The second kappa shape index (κ2) is 5.13. The lowest BCUT2D eigenvalue weighted by Crippen LogP contribution is -2.05. The van der Waals surface area contributed by atoms with Crippen LogP contribution in [0, 0.1) is 13.8 Å². The highest BCUT2D eigenvalue weighted by molar-refractivity contribution is 7.22. The Hall–Kier alpha value is -2.80. The van der Waals surface area contributed by atoms with Crippen LogP contribution in [-0.2, 0) is 0 Å². The van der Waals surface area contributed by atoms with Gasteiger partial charge in [0.05, 0.1) is 16.6 Å². The van der Waals surface area contributed by atoms with Crippen molar-refractivity contribution in [3.05, 3.63) is 52.1 Å². The van der Waals surface area contributed by atoms with Crippen molar-refractivity contribution in [3.63, 3.8) is 0 Å². The Kier molecular flexibility index (Phi) is 3.09. The molecule has 0 fully saturated rings. The fourth-order valence-corrected chi connectivity index (χ4v) is 3.49. The molecule has 0 bridgehead atoms. The van der Waals surface area contributed by atoms with E-state index in [4.69, 9.17) is 4.52 Å². The summed E-state index contributed by atoms with van der Waals surface area (Å²) in [7, 11) is 0. The van der Waals surface area contributed by atoms with Gasteiger partial charge in [0.2, 0.25) is 5.82 Å². The summed E-state index contributed by atoms with van der Waals surface area (Å²) in [4.78, 5) is 24.6. The minimum Gasteiger partial charge on any atom is -0.333 e. The number of hydrogen-bond donors (Lipinski definition) is 1. The van der Waals surface area contributed by atoms with Crippen molar-refractivity contribution in [2.45, 2.75) is 13.8 Å². The molecule has 6 nitrogen and oxygen atoms in total. The lowest BCUT2D eigenvalue weighted by Gasteiger charge is -1.94. The standard InChI is InChI=1S/C16H12N4O2S/c1-8-3-5-10(6-4-8)13-19-15(22-20-13)12-9(2)11-14(21)17-7-18-16(11)23-12/h3-7H,1-2H3,(H,17,18,21). The number of nitrogens with zero attached hydrogens (tertiary/aromatic N) is 3. The highest BCUT2D eigenvalue weighted by Gasteiger charge is 2.19. The zero-order chi connectivity index (χ0) is 16.0. The third-order valence-corrected chi connectivity index (χ3v) is 4.85. The number of thiophene rings is 1. The van der Waals surface area contributed by atoms with Crippen LogP contribution in [0.1, 0.15) is 11.1 Å². The Morgan fingerprint density at radius 2 is 1.96 bits per heavy atom. The maximum absolute atomic E-state index is 11.9. The average Bonchev–Trinajstić information content (AvgIpc) is 3.14. The van der Waals surface area contributed by atoms with Crippen LogP contribution in [-0.4, -0.2) is 20.1 Å². The molecule has 3 heterocycles. The van der Waals surface area contributed by atoms with Gasteiger partial charge in [0.25, 0.3) is 11.4 Å². The van der Waals surface area contributed by atoms with Crippen molar-refractivity contribution >= 4 is 21.6 Å². The van der Waals surface area contributed by atoms with E-state index in [2.05, 4.69) is 20.1 Å². The van der Waals surface area contributed by atoms with Gasteiger partial charge >= 0.3 is 0 Å². The number of hydrogen-bond acceptors (Lipinski definition) is 6. The Labute approximate surface area is 134 Å². The minimum atomic E-state index is -0.159. The number of aryl methyl sites for hydroxylation is 2. The molecule has 0 amide bonds. The Balaban J connectivity index is 1.83. The lowest BCUT2D eigenvalue weighted by atomic mass is 10.1. The van der Waals surface area contributed by atoms with Crippen LogP contribution in [0.4, 0.5) is 0 Å². The predicted molar refractivity (Wildman–Crippen MR) is 88.4 cm³/mol. The summed E-state index contributed by atoms with van der Waals surface area (Å²) in [5.41, 5.74) is 2.70. The van der Waals surface area contributed by atoms with Gasteiger partial charge in [-0.3, -0.25) is 4.79 Å². The number of aromatic nitrogens is 4. The number of H-pyrrole nitrogens is 1. The molecule has 4 aromatic rings.